The van der Waals surface area contributed by atoms with Gasteiger partial charge in [0.1, 0.15) is 6.10 Å². The van der Waals surface area contributed by atoms with Gasteiger partial charge in [0.2, 0.25) is 5.91 Å². The predicted octanol–water partition coefficient (Wildman–Crippen LogP) is 2.61. The van der Waals surface area contributed by atoms with Crippen molar-refractivity contribution < 1.29 is 9.53 Å². The number of amides is 1. The van der Waals surface area contributed by atoms with Crippen molar-refractivity contribution in [3.63, 3.8) is 0 Å². The zero-order chi connectivity index (χ0) is 15.4. The van der Waals surface area contributed by atoms with Crippen molar-refractivity contribution in [1.82, 2.24) is 10.6 Å². The van der Waals surface area contributed by atoms with Crippen molar-refractivity contribution in [2.24, 2.45) is 5.92 Å². The number of nitrogens with one attached hydrogen (secondary N) is 2. The number of hydrogen-bond acceptors (Lipinski definition) is 4. The van der Waals surface area contributed by atoms with Crippen molar-refractivity contribution in [2.45, 2.75) is 44.3 Å². The van der Waals surface area contributed by atoms with Crippen LogP contribution in [0.25, 0.3) is 0 Å². The zero-order valence-electron chi connectivity index (χ0n) is 12.6. The van der Waals surface area contributed by atoms with Crippen LogP contribution in [-0.2, 0) is 16.0 Å². The summed E-state index contributed by atoms with van der Waals surface area (Å²) in [5, 5.41) is 6.37. The van der Waals surface area contributed by atoms with Gasteiger partial charge in [-0.3, -0.25) is 4.79 Å². The fraction of sp³-hybridized carbons (Fsp3) is 0.688. The molecule has 0 spiro atoms. The third-order valence-electron chi connectivity index (χ3n) is 4.55. The molecule has 0 aromatic carbocycles. The van der Waals surface area contributed by atoms with Crippen molar-refractivity contribution in [2.75, 3.05) is 19.6 Å². The average Bonchev–Trinajstić information content (AvgIpc) is 3.17. The van der Waals surface area contributed by atoms with Crippen LogP contribution in [0.3, 0.4) is 0 Å². The maximum atomic E-state index is 12.2. The van der Waals surface area contributed by atoms with Gasteiger partial charge in [-0.1, -0.05) is 11.6 Å². The molecule has 2 unspecified atom stereocenters. The molecule has 2 fully saturated rings. The van der Waals surface area contributed by atoms with E-state index in [9.17, 15) is 4.79 Å². The highest BCUT2D eigenvalue weighted by Crippen LogP contribution is 2.30. The smallest absolute Gasteiger partial charge is 0.249 e. The summed E-state index contributed by atoms with van der Waals surface area (Å²) in [6.07, 6.45) is 5.04. The van der Waals surface area contributed by atoms with Crippen molar-refractivity contribution in [3.05, 3.63) is 21.3 Å². The minimum Gasteiger partial charge on any atom is -0.365 e. The summed E-state index contributed by atoms with van der Waals surface area (Å²) in [6.45, 7) is 2.79. The minimum atomic E-state index is -0.258. The second kappa shape index (κ2) is 7.77. The fourth-order valence-corrected chi connectivity index (χ4v) is 4.41. The van der Waals surface area contributed by atoms with Crippen LogP contribution < -0.4 is 10.6 Å². The van der Waals surface area contributed by atoms with Gasteiger partial charge in [-0.25, -0.2) is 0 Å². The Bertz CT molecular complexity index is 502. The quantitative estimate of drug-likeness (QED) is 0.864. The topological polar surface area (TPSA) is 50.4 Å². The molecule has 0 radical (unpaired) electrons. The van der Waals surface area contributed by atoms with Gasteiger partial charge in [-0.2, -0.15) is 0 Å². The Morgan fingerprint density at radius 3 is 2.86 bits per heavy atom. The van der Waals surface area contributed by atoms with Gasteiger partial charge in [0.05, 0.1) is 10.4 Å². The van der Waals surface area contributed by atoms with Crippen LogP contribution >= 0.6 is 22.9 Å². The van der Waals surface area contributed by atoms with E-state index in [1.54, 1.807) is 11.3 Å². The second-order valence-corrected chi connectivity index (χ2v) is 7.87. The first kappa shape index (κ1) is 16.2. The predicted molar refractivity (Wildman–Crippen MR) is 89.5 cm³/mol. The van der Waals surface area contributed by atoms with E-state index >= 15 is 0 Å². The van der Waals surface area contributed by atoms with Gasteiger partial charge in [0, 0.05) is 11.4 Å². The van der Waals surface area contributed by atoms with Gasteiger partial charge in [-0.15, -0.1) is 11.3 Å². The highest BCUT2D eigenvalue weighted by atomic mass is 35.5. The molecule has 2 saturated heterocycles. The minimum absolute atomic E-state index is 0.0408. The molecule has 0 bridgehead atoms. The lowest BCUT2D eigenvalue weighted by Gasteiger charge is -2.27. The molecular formula is C16H23ClN2O2S. The maximum Gasteiger partial charge on any atom is 0.249 e. The van der Waals surface area contributed by atoms with Crippen LogP contribution in [0.1, 0.15) is 30.6 Å². The van der Waals surface area contributed by atoms with Crippen LogP contribution in [0.5, 0.6) is 0 Å². The Hall–Kier alpha value is -0.620. The largest absolute Gasteiger partial charge is 0.365 e. The number of thiophene rings is 1. The molecule has 3 heterocycles. The first-order chi connectivity index (χ1) is 10.7. The Balaban J connectivity index is 1.39. The third kappa shape index (κ3) is 4.22. The normalized spacial score (nSPS) is 26.2. The maximum absolute atomic E-state index is 12.2. The van der Waals surface area contributed by atoms with Gasteiger partial charge in [0.15, 0.2) is 0 Å². The van der Waals surface area contributed by atoms with Crippen molar-refractivity contribution in [3.8, 4) is 0 Å². The molecule has 6 heteroatoms. The number of hydrogen-bond donors (Lipinski definition) is 2. The first-order valence-corrected chi connectivity index (χ1v) is 9.30. The summed E-state index contributed by atoms with van der Waals surface area (Å²) in [7, 11) is 0. The number of ether oxygens (including phenoxy) is 1. The summed E-state index contributed by atoms with van der Waals surface area (Å²) < 4.78 is 6.81. The fourth-order valence-electron chi connectivity index (χ4n) is 3.33. The molecule has 3 rings (SSSR count). The van der Waals surface area contributed by atoms with Gasteiger partial charge in [-0.05, 0) is 63.2 Å². The van der Waals surface area contributed by atoms with Crippen LogP contribution in [0, 0.1) is 5.92 Å². The Labute approximate surface area is 140 Å². The van der Waals surface area contributed by atoms with E-state index in [1.165, 1.54) is 4.88 Å². The van der Waals surface area contributed by atoms with Crippen LogP contribution in [0.4, 0.5) is 0 Å². The van der Waals surface area contributed by atoms with E-state index in [1.807, 2.05) is 12.1 Å². The lowest BCUT2D eigenvalue weighted by atomic mass is 9.91. The summed E-state index contributed by atoms with van der Waals surface area (Å²) in [6, 6.07) is 3.91. The average molecular weight is 343 g/mol. The monoisotopic (exact) mass is 342 g/mol. The van der Waals surface area contributed by atoms with Gasteiger partial charge < -0.3 is 15.4 Å². The SMILES string of the molecule is O=C(NCCc1ccc(Cl)s1)C1CCC(C2CCNCC2)O1. The molecule has 1 aromatic heterocycles. The lowest BCUT2D eigenvalue weighted by molar-refractivity contribution is -0.133. The molecule has 1 aromatic rings. The summed E-state index contributed by atoms with van der Waals surface area (Å²) in [5.74, 6) is 0.659. The van der Waals surface area contributed by atoms with Crippen LogP contribution in [-0.4, -0.2) is 37.7 Å². The number of rotatable bonds is 5. The molecule has 2 atom stereocenters. The zero-order valence-corrected chi connectivity index (χ0v) is 14.2. The molecule has 0 aliphatic carbocycles. The summed E-state index contributed by atoms with van der Waals surface area (Å²) in [4.78, 5) is 13.4. The van der Waals surface area contributed by atoms with Crippen LogP contribution in [0.15, 0.2) is 12.1 Å². The Morgan fingerprint density at radius 1 is 1.32 bits per heavy atom. The molecule has 0 saturated carbocycles. The Morgan fingerprint density at radius 2 is 2.14 bits per heavy atom. The van der Waals surface area contributed by atoms with E-state index in [4.69, 9.17) is 16.3 Å². The van der Waals surface area contributed by atoms with E-state index in [2.05, 4.69) is 10.6 Å². The number of carbonyl (C=O) groups excluding carboxylic acids is 1. The van der Waals surface area contributed by atoms with Gasteiger partial charge in [0.25, 0.3) is 0 Å². The van der Waals surface area contributed by atoms with Gasteiger partial charge >= 0.3 is 0 Å². The molecule has 2 aliphatic rings. The van der Waals surface area contributed by atoms with Crippen LogP contribution in [0.2, 0.25) is 4.34 Å². The van der Waals surface area contributed by atoms with Crippen molar-refractivity contribution in [1.29, 1.82) is 0 Å². The first-order valence-electron chi connectivity index (χ1n) is 8.10. The van der Waals surface area contributed by atoms with E-state index < -0.39 is 0 Å². The number of halogens is 1. The molecular weight excluding hydrogens is 320 g/mol. The highest BCUT2D eigenvalue weighted by molar-refractivity contribution is 7.16. The highest BCUT2D eigenvalue weighted by Gasteiger charge is 2.35. The van der Waals surface area contributed by atoms with E-state index in [0.29, 0.717) is 12.5 Å². The third-order valence-corrected chi connectivity index (χ3v) is 5.84. The standard InChI is InChI=1S/C16H23ClN2O2S/c17-15-4-1-12(22-15)7-10-19-16(20)14-3-2-13(21-14)11-5-8-18-9-6-11/h1,4,11,13-14,18H,2-3,5-10H2,(H,19,20). The number of carbonyl (C=O) groups is 1. The molecule has 1 amide bonds. The number of piperidine rings is 1. The Kier molecular flexibility index (Phi) is 5.74. The second-order valence-electron chi connectivity index (χ2n) is 6.07. The van der Waals surface area contributed by atoms with E-state index in [0.717, 1.165) is 49.5 Å². The molecule has 122 valence electrons. The van der Waals surface area contributed by atoms with Crippen molar-refractivity contribution >= 4 is 28.8 Å². The molecule has 22 heavy (non-hydrogen) atoms. The molecule has 2 N–H and O–H groups in total. The summed E-state index contributed by atoms with van der Waals surface area (Å²) in [5.41, 5.74) is 0. The van der Waals surface area contributed by atoms with E-state index in [-0.39, 0.29) is 18.1 Å². The summed E-state index contributed by atoms with van der Waals surface area (Å²) >= 11 is 7.47. The lowest BCUT2D eigenvalue weighted by Crippen LogP contribution is -2.38. The molecule has 2 aliphatic heterocycles. The molecule has 4 nitrogen and oxygen atoms in total.